The highest BCUT2D eigenvalue weighted by molar-refractivity contribution is 6.30. The molecule has 1 atom stereocenters. The second-order valence-corrected chi connectivity index (χ2v) is 7.07. The summed E-state index contributed by atoms with van der Waals surface area (Å²) >= 11 is 5.85. The predicted molar refractivity (Wildman–Crippen MR) is 102 cm³/mol. The molecule has 0 radical (unpaired) electrons. The molecule has 1 aliphatic heterocycles. The maximum absolute atomic E-state index is 13.4. The minimum atomic E-state index is -2.83. The number of esters is 1. The molecule has 1 unspecified atom stereocenters. The molecule has 1 aromatic carbocycles. The fraction of sp³-hybridized carbons (Fsp3) is 0.421. The van der Waals surface area contributed by atoms with Gasteiger partial charge < -0.3 is 15.4 Å². The topological polar surface area (TPSA) is 85.2 Å². The van der Waals surface area contributed by atoms with Crippen LogP contribution in [0.3, 0.4) is 0 Å². The first-order chi connectivity index (χ1) is 13.9. The Morgan fingerprint density at radius 3 is 2.83 bits per heavy atom. The van der Waals surface area contributed by atoms with Gasteiger partial charge in [0.05, 0.1) is 25.0 Å². The van der Waals surface area contributed by atoms with Gasteiger partial charge >= 0.3 is 12.0 Å². The lowest BCUT2D eigenvalue weighted by molar-refractivity contribution is 0.0597. The summed E-state index contributed by atoms with van der Waals surface area (Å²) in [4.78, 5) is 24.4. The Morgan fingerprint density at radius 2 is 2.14 bits per heavy atom. The first-order valence-corrected chi connectivity index (χ1v) is 9.53. The van der Waals surface area contributed by atoms with Crippen molar-refractivity contribution in [3.8, 4) is 0 Å². The van der Waals surface area contributed by atoms with Gasteiger partial charge in [-0.1, -0.05) is 23.7 Å². The van der Waals surface area contributed by atoms with Crippen LogP contribution >= 0.6 is 11.6 Å². The van der Waals surface area contributed by atoms with E-state index in [-0.39, 0.29) is 12.1 Å². The van der Waals surface area contributed by atoms with Crippen LogP contribution in [0.15, 0.2) is 24.3 Å². The van der Waals surface area contributed by atoms with Crippen LogP contribution in [0.1, 0.15) is 46.2 Å². The first kappa shape index (κ1) is 21.0. The normalized spacial score (nSPS) is 14.2. The highest BCUT2D eigenvalue weighted by Gasteiger charge is 2.27. The Morgan fingerprint density at radius 1 is 1.34 bits per heavy atom. The van der Waals surface area contributed by atoms with Crippen molar-refractivity contribution in [1.82, 2.24) is 20.4 Å². The van der Waals surface area contributed by atoms with Gasteiger partial charge in [0.2, 0.25) is 0 Å². The molecule has 1 aromatic heterocycles. The predicted octanol–water partition coefficient (Wildman–Crippen LogP) is 3.47. The number of alkyl halides is 2. The Labute approximate surface area is 171 Å². The van der Waals surface area contributed by atoms with E-state index >= 15 is 0 Å². The van der Waals surface area contributed by atoms with Crippen LogP contribution in [0.5, 0.6) is 0 Å². The standard InChI is InChI=1S/C19H21ClF2N4O3/c1-29-18(27)15-13(25-26-8-3-2-7-14(15)26)10-23-19(28)24-16(17(21)22)11-5-4-6-12(20)9-11/h4-6,9,16-17H,2-3,7-8,10H2,1H3,(H2,23,24,28). The summed E-state index contributed by atoms with van der Waals surface area (Å²) in [7, 11) is 1.28. The number of rotatable bonds is 6. The molecule has 2 amide bonds. The van der Waals surface area contributed by atoms with Gasteiger partial charge in [-0.05, 0) is 37.0 Å². The van der Waals surface area contributed by atoms with Crippen molar-refractivity contribution in [2.45, 2.75) is 44.8 Å². The van der Waals surface area contributed by atoms with Gasteiger partial charge in [-0.25, -0.2) is 18.4 Å². The average Bonchev–Trinajstić information content (AvgIpc) is 3.08. The molecule has 0 saturated carbocycles. The molecule has 0 fully saturated rings. The molecule has 0 aliphatic carbocycles. The minimum Gasteiger partial charge on any atom is -0.465 e. The SMILES string of the molecule is COC(=O)c1c(CNC(=O)NC(c2cccc(Cl)c2)C(F)F)nn2c1CCCC2. The van der Waals surface area contributed by atoms with Gasteiger partial charge in [-0.3, -0.25) is 4.68 Å². The number of hydrogen-bond donors (Lipinski definition) is 2. The maximum atomic E-state index is 13.4. The van der Waals surface area contributed by atoms with Crippen LogP contribution in [0.4, 0.5) is 13.6 Å². The van der Waals surface area contributed by atoms with Gasteiger partial charge in [0.25, 0.3) is 6.43 Å². The molecule has 7 nitrogen and oxygen atoms in total. The number of ether oxygens (including phenoxy) is 1. The first-order valence-electron chi connectivity index (χ1n) is 9.15. The molecule has 29 heavy (non-hydrogen) atoms. The number of amides is 2. The number of nitrogens with zero attached hydrogens (tertiary/aromatic N) is 2. The molecule has 10 heteroatoms. The van der Waals surface area contributed by atoms with Crippen LogP contribution in [0, 0.1) is 0 Å². The lowest BCUT2D eigenvalue weighted by atomic mass is 10.0. The summed E-state index contributed by atoms with van der Waals surface area (Å²) in [6.45, 7) is 0.579. The third kappa shape index (κ3) is 4.84. The number of urea groups is 1. The van der Waals surface area contributed by atoms with Crippen molar-refractivity contribution >= 4 is 23.6 Å². The highest BCUT2D eigenvalue weighted by atomic mass is 35.5. The largest absolute Gasteiger partial charge is 0.465 e. The van der Waals surface area contributed by atoms with Gasteiger partial charge in [0.15, 0.2) is 0 Å². The molecule has 2 N–H and O–H groups in total. The second kappa shape index (κ2) is 9.21. The van der Waals surface area contributed by atoms with E-state index in [2.05, 4.69) is 15.7 Å². The number of hydrogen-bond acceptors (Lipinski definition) is 4. The van der Waals surface area contributed by atoms with Crippen LogP contribution in [0.25, 0.3) is 0 Å². The smallest absolute Gasteiger partial charge is 0.341 e. The van der Waals surface area contributed by atoms with E-state index in [1.165, 1.54) is 25.3 Å². The summed E-state index contributed by atoms with van der Waals surface area (Å²) in [5.74, 6) is -0.533. The number of carbonyl (C=O) groups is 2. The zero-order chi connectivity index (χ0) is 21.0. The number of nitrogens with one attached hydrogen (secondary N) is 2. The molecule has 2 aromatic rings. The number of benzene rings is 1. The molecular weight excluding hydrogens is 406 g/mol. The molecule has 0 bridgehead atoms. The van der Waals surface area contributed by atoms with Gasteiger partial charge in [0.1, 0.15) is 11.6 Å². The van der Waals surface area contributed by atoms with Crippen molar-refractivity contribution < 1.29 is 23.1 Å². The van der Waals surface area contributed by atoms with Crippen molar-refractivity contribution in [1.29, 1.82) is 0 Å². The number of carbonyl (C=O) groups excluding carboxylic acids is 2. The number of halogens is 3. The van der Waals surface area contributed by atoms with Crippen LogP contribution < -0.4 is 10.6 Å². The molecule has 156 valence electrons. The minimum absolute atomic E-state index is 0.0955. The number of fused-ring (bicyclic) bond motifs is 1. The average molecular weight is 427 g/mol. The lowest BCUT2D eigenvalue weighted by Crippen LogP contribution is -2.40. The molecule has 2 heterocycles. The Hall–Kier alpha value is -2.68. The summed E-state index contributed by atoms with van der Waals surface area (Å²) in [6, 6.07) is 3.59. The van der Waals surface area contributed by atoms with Crippen LogP contribution in [-0.2, 0) is 24.2 Å². The van der Waals surface area contributed by atoms with Crippen molar-refractivity contribution in [2.75, 3.05) is 7.11 Å². The Bertz CT molecular complexity index is 904. The van der Waals surface area contributed by atoms with Crippen LogP contribution in [0.2, 0.25) is 5.02 Å². The monoisotopic (exact) mass is 426 g/mol. The van der Waals surface area contributed by atoms with Crippen molar-refractivity contribution in [3.05, 3.63) is 51.8 Å². The summed E-state index contributed by atoms with van der Waals surface area (Å²) in [5, 5.41) is 9.42. The quantitative estimate of drug-likeness (QED) is 0.693. The zero-order valence-electron chi connectivity index (χ0n) is 15.8. The number of methoxy groups -OCH3 is 1. The third-order valence-corrected chi connectivity index (χ3v) is 4.95. The van der Waals surface area contributed by atoms with Crippen LogP contribution in [-0.4, -0.2) is 35.3 Å². The summed E-state index contributed by atoms with van der Waals surface area (Å²) in [5.41, 5.74) is 1.63. The lowest BCUT2D eigenvalue weighted by Gasteiger charge is -2.19. The second-order valence-electron chi connectivity index (χ2n) is 6.63. The van der Waals surface area contributed by atoms with Crippen molar-refractivity contribution in [3.63, 3.8) is 0 Å². The third-order valence-electron chi connectivity index (χ3n) is 4.72. The van der Waals surface area contributed by atoms with Gasteiger partial charge in [-0.15, -0.1) is 0 Å². The van der Waals surface area contributed by atoms with Crippen molar-refractivity contribution in [2.24, 2.45) is 0 Å². The Kier molecular flexibility index (Phi) is 6.68. The number of aryl methyl sites for hydroxylation is 1. The summed E-state index contributed by atoms with van der Waals surface area (Å²) in [6.07, 6.45) is -0.270. The molecule has 1 aliphatic rings. The molecular formula is C19H21ClF2N4O3. The molecule has 0 saturated heterocycles. The fourth-order valence-electron chi connectivity index (χ4n) is 3.35. The highest BCUT2D eigenvalue weighted by Crippen LogP contribution is 2.24. The van der Waals surface area contributed by atoms with Gasteiger partial charge in [-0.2, -0.15) is 5.10 Å². The molecule has 3 rings (SSSR count). The molecule has 0 spiro atoms. The van der Waals surface area contributed by atoms with E-state index in [9.17, 15) is 18.4 Å². The Balaban J connectivity index is 1.71. The summed E-state index contributed by atoms with van der Waals surface area (Å²) < 4.78 is 33.5. The van der Waals surface area contributed by atoms with E-state index in [1.807, 2.05) is 0 Å². The van der Waals surface area contributed by atoms with E-state index in [1.54, 1.807) is 10.7 Å². The van der Waals surface area contributed by atoms with E-state index in [0.29, 0.717) is 29.2 Å². The van der Waals surface area contributed by atoms with E-state index in [0.717, 1.165) is 18.5 Å². The van der Waals surface area contributed by atoms with E-state index in [4.69, 9.17) is 16.3 Å². The zero-order valence-corrected chi connectivity index (χ0v) is 16.5. The number of aromatic nitrogens is 2. The fourth-order valence-corrected chi connectivity index (χ4v) is 3.55. The van der Waals surface area contributed by atoms with E-state index < -0.39 is 24.5 Å². The maximum Gasteiger partial charge on any atom is 0.341 e. The van der Waals surface area contributed by atoms with Gasteiger partial charge in [0, 0.05) is 11.6 Å².